The van der Waals surface area contributed by atoms with Gasteiger partial charge in [-0.3, -0.25) is 4.79 Å². The van der Waals surface area contributed by atoms with Gasteiger partial charge in [-0.05, 0) is 68.9 Å². The monoisotopic (exact) mass is 513 g/mol. The maximum atomic E-state index is 13.0. The number of hydrogen-bond donors (Lipinski definition) is 0. The molecule has 1 aliphatic carbocycles. The third-order valence-corrected chi connectivity index (χ3v) is 9.32. The van der Waals surface area contributed by atoms with E-state index in [0.29, 0.717) is 50.7 Å². The number of amides is 1. The van der Waals surface area contributed by atoms with Gasteiger partial charge in [0.1, 0.15) is 6.10 Å². The van der Waals surface area contributed by atoms with Gasteiger partial charge in [0.05, 0.1) is 4.90 Å². The smallest absolute Gasteiger partial charge is 0.253 e. The van der Waals surface area contributed by atoms with E-state index in [1.54, 1.807) is 33.5 Å². The minimum Gasteiger partial charge on any atom is -0.473 e. The van der Waals surface area contributed by atoms with E-state index in [1.807, 2.05) is 12.1 Å². The Kier molecular flexibility index (Phi) is 7.71. The number of sulfonamides is 1. The lowest BCUT2D eigenvalue weighted by atomic mass is 9.98. The second-order valence-electron chi connectivity index (χ2n) is 9.88. The van der Waals surface area contributed by atoms with Crippen LogP contribution in [0.5, 0.6) is 5.88 Å². The number of piperazine rings is 1. The van der Waals surface area contributed by atoms with E-state index < -0.39 is 10.0 Å². The molecule has 3 fully saturated rings. The zero-order valence-corrected chi connectivity index (χ0v) is 21.5. The van der Waals surface area contributed by atoms with E-state index in [1.165, 1.54) is 19.3 Å². The van der Waals surface area contributed by atoms with E-state index in [-0.39, 0.29) is 16.9 Å². The fourth-order valence-electron chi connectivity index (χ4n) is 5.24. The van der Waals surface area contributed by atoms with E-state index >= 15 is 0 Å². The van der Waals surface area contributed by atoms with Crippen LogP contribution in [-0.2, 0) is 10.0 Å². The van der Waals surface area contributed by atoms with Crippen molar-refractivity contribution in [3.05, 3.63) is 42.0 Å². The van der Waals surface area contributed by atoms with Crippen LogP contribution in [0.2, 0.25) is 0 Å². The predicted octanol–water partition coefficient (Wildman–Crippen LogP) is 3.33. The van der Waals surface area contributed by atoms with Crippen molar-refractivity contribution in [2.45, 2.75) is 62.4 Å². The quantitative estimate of drug-likeness (QED) is 0.585. The fourth-order valence-corrected chi connectivity index (χ4v) is 6.76. The van der Waals surface area contributed by atoms with Gasteiger partial charge >= 0.3 is 0 Å². The summed E-state index contributed by atoms with van der Waals surface area (Å²) < 4.78 is 33.3. The summed E-state index contributed by atoms with van der Waals surface area (Å²) in [6.45, 7) is 3.57. The maximum Gasteiger partial charge on any atom is 0.253 e. The first-order chi connectivity index (χ1) is 17.5. The van der Waals surface area contributed by atoms with Gasteiger partial charge in [0.25, 0.3) is 5.91 Å². The Morgan fingerprint density at radius 3 is 2.08 bits per heavy atom. The van der Waals surface area contributed by atoms with Crippen LogP contribution in [0.3, 0.4) is 0 Å². The van der Waals surface area contributed by atoms with Crippen LogP contribution in [0.25, 0.3) is 0 Å². The number of carbonyl (C=O) groups is 1. The number of aromatic nitrogens is 2. The molecule has 3 heterocycles. The van der Waals surface area contributed by atoms with E-state index in [4.69, 9.17) is 4.74 Å². The lowest BCUT2D eigenvalue weighted by Crippen LogP contribution is -2.49. The van der Waals surface area contributed by atoms with Crippen molar-refractivity contribution in [1.29, 1.82) is 0 Å². The zero-order valence-electron chi connectivity index (χ0n) is 20.7. The van der Waals surface area contributed by atoms with Crippen LogP contribution in [-0.4, -0.2) is 79.1 Å². The Balaban J connectivity index is 1.14. The van der Waals surface area contributed by atoms with Crippen LogP contribution in [0, 0.1) is 0 Å². The molecule has 2 aliphatic heterocycles. The van der Waals surface area contributed by atoms with Crippen LogP contribution in [0.15, 0.2) is 41.3 Å². The van der Waals surface area contributed by atoms with Crippen molar-refractivity contribution in [2.24, 2.45) is 0 Å². The average Bonchev–Trinajstić information content (AvgIpc) is 2.94. The summed E-state index contributed by atoms with van der Waals surface area (Å²) >= 11 is 0. The Bertz CT molecular complexity index is 1120. The number of piperidine rings is 1. The highest BCUT2D eigenvalue weighted by molar-refractivity contribution is 7.89. The first-order valence-corrected chi connectivity index (χ1v) is 14.6. The summed E-state index contributed by atoms with van der Waals surface area (Å²) in [7, 11) is -3.50. The molecule has 0 N–H and O–H groups in total. The van der Waals surface area contributed by atoms with E-state index in [2.05, 4.69) is 15.1 Å². The number of ether oxygens (including phenoxy) is 1. The van der Waals surface area contributed by atoms with Gasteiger partial charge in [0.15, 0.2) is 5.82 Å². The van der Waals surface area contributed by atoms with Crippen molar-refractivity contribution in [1.82, 2.24) is 19.4 Å². The van der Waals surface area contributed by atoms with Crippen molar-refractivity contribution >= 4 is 21.7 Å². The normalized spacial score (nSPS) is 20.3. The Morgan fingerprint density at radius 2 is 1.44 bits per heavy atom. The number of anilines is 1. The van der Waals surface area contributed by atoms with Gasteiger partial charge in [-0.15, -0.1) is 10.2 Å². The van der Waals surface area contributed by atoms with Crippen molar-refractivity contribution in [3.63, 3.8) is 0 Å². The molecule has 1 amide bonds. The highest BCUT2D eigenvalue weighted by Crippen LogP contribution is 2.24. The molecule has 2 aromatic rings. The Morgan fingerprint density at radius 1 is 0.778 bits per heavy atom. The van der Waals surface area contributed by atoms with Crippen molar-refractivity contribution in [3.8, 4) is 5.88 Å². The molecule has 194 valence electrons. The number of benzene rings is 1. The molecule has 9 nitrogen and oxygen atoms in total. The summed E-state index contributed by atoms with van der Waals surface area (Å²) in [6, 6.07) is 10.2. The third-order valence-electron chi connectivity index (χ3n) is 7.41. The van der Waals surface area contributed by atoms with Crippen molar-refractivity contribution < 1.29 is 17.9 Å². The second-order valence-corrected chi connectivity index (χ2v) is 11.8. The van der Waals surface area contributed by atoms with Crippen LogP contribution < -0.4 is 9.64 Å². The van der Waals surface area contributed by atoms with Gasteiger partial charge in [0.2, 0.25) is 15.9 Å². The molecule has 3 aliphatic rings. The zero-order chi connectivity index (χ0) is 25.0. The molecule has 0 spiro atoms. The lowest BCUT2D eigenvalue weighted by molar-refractivity contribution is 0.0746. The highest BCUT2D eigenvalue weighted by atomic mass is 32.2. The molecular formula is C26H35N5O4S. The molecule has 5 rings (SSSR count). The molecule has 10 heteroatoms. The fraction of sp³-hybridized carbons (Fsp3) is 0.577. The standard InChI is InChI=1S/C26H35N5O4S/c32-26(21-9-11-23(12-10-21)36(33,34)31-15-5-2-6-16-31)30-19-17-29(18-20-30)24-13-14-25(28-27-24)35-22-7-3-1-4-8-22/h9-14,22H,1-8,15-20H2. The Labute approximate surface area is 213 Å². The Hall–Kier alpha value is -2.72. The molecule has 0 bridgehead atoms. The molecule has 36 heavy (non-hydrogen) atoms. The number of rotatable bonds is 6. The molecule has 1 saturated carbocycles. The van der Waals surface area contributed by atoms with Crippen LogP contribution in [0.4, 0.5) is 5.82 Å². The largest absolute Gasteiger partial charge is 0.473 e. The second kappa shape index (κ2) is 11.1. The summed E-state index contributed by atoms with van der Waals surface area (Å²) in [5.41, 5.74) is 0.505. The SMILES string of the molecule is O=C(c1ccc(S(=O)(=O)N2CCCCC2)cc1)N1CCN(c2ccc(OC3CCCCC3)nn2)CC1. The molecule has 0 atom stereocenters. The van der Waals surface area contributed by atoms with Gasteiger partial charge < -0.3 is 14.5 Å². The number of hydrogen-bond acceptors (Lipinski definition) is 7. The predicted molar refractivity (Wildman–Crippen MR) is 137 cm³/mol. The summed E-state index contributed by atoms with van der Waals surface area (Å²) in [5, 5.41) is 8.62. The molecule has 1 aromatic carbocycles. The van der Waals surface area contributed by atoms with Crippen molar-refractivity contribution in [2.75, 3.05) is 44.2 Å². The molecule has 0 radical (unpaired) electrons. The highest BCUT2D eigenvalue weighted by Gasteiger charge is 2.27. The van der Waals surface area contributed by atoms with Gasteiger partial charge in [-0.2, -0.15) is 4.31 Å². The first-order valence-electron chi connectivity index (χ1n) is 13.2. The number of nitrogens with zero attached hydrogens (tertiary/aromatic N) is 5. The molecule has 2 saturated heterocycles. The molecule has 0 unspecified atom stereocenters. The van der Waals surface area contributed by atoms with E-state index in [0.717, 1.165) is 37.9 Å². The van der Waals surface area contributed by atoms with Crippen LogP contribution >= 0.6 is 0 Å². The summed E-state index contributed by atoms with van der Waals surface area (Å²) in [4.78, 5) is 17.2. The summed E-state index contributed by atoms with van der Waals surface area (Å²) in [6.07, 6.45) is 8.96. The first kappa shape index (κ1) is 25.0. The van der Waals surface area contributed by atoms with Gasteiger partial charge in [-0.1, -0.05) is 12.8 Å². The minimum atomic E-state index is -3.50. The maximum absolute atomic E-state index is 13.0. The number of carbonyl (C=O) groups excluding carboxylic acids is 1. The van der Waals surface area contributed by atoms with Gasteiger partial charge in [-0.25, -0.2) is 8.42 Å². The van der Waals surface area contributed by atoms with Crippen LogP contribution in [0.1, 0.15) is 61.7 Å². The lowest BCUT2D eigenvalue weighted by Gasteiger charge is -2.35. The average molecular weight is 514 g/mol. The molecular weight excluding hydrogens is 478 g/mol. The third kappa shape index (κ3) is 5.64. The summed E-state index contributed by atoms with van der Waals surface area (Å²) in [5.74, 6) is 1.27. The molecule has 1 aromatic heterocycles. The van der Waals surface area contributed by atoms with E-state index in [9.17, 15) is 13.2 Å². The van der Waals surface area contributed by atoms with Gasteiger partial charge in [0, 0.05) is 50.9 Å². The minimum absolute atomic E-state index is 0.0844. The topological polar surface area (TPSA) is 95.9 Å².